The lowest BCUT2D eigenvalue weighted by atomic mass is 9.93. The summed E-state index contributed by atoms with van der Waals surface area (Å²) < 4.78 is 27.2. The van der Waals surface area contributed by atoms with Crippen LogP contribution in [0.1, 0.15) is 35.7 Å². The van der Waals surface area contributed by atoms with Gasteiger partial charge in [-0.2, -0.15) is 0 Å². The van der Waals surface area contributed by atoms with Crippen molar-refractivity contribution in [2.45, 2.75) is 26.7 Å². The minimum Gasteiger partial charge on any atom is -0.294 e. The maximum Gasteiger partial charge on any atom is 0.171 e. The van der Waals surface area contributed by atoms with Gasteiger partial charge >= 0.3 is 0 Å². The van der Waals surface area contributed by atoms with Crippen LogP contribution in [0.15, 0.2) is 12.1 Å². The van der Waals surface area contributed by atoms with E-state index in [2.05, 4.69) is 0 Å². The van der Waals surface area contributed by atoms with Gasteiger partial charge in [-0.05, 0) is 37.3 Å². The van der Waals surface area contributed by atoms with Gasteiger partial charge in [-0.25, -0.2) is 8.78 Å². The highest BCUT2D eigenvalue weighted by Gasteiger charge is 2.35. The fraction of sp³-hybridized carbons (Fsp3) is 0.462. The van der Waals surface area contributed by atoms with Crippen molar-refractivity contribution < 1.29 is 13.6 Å². The van der Waals surface area contributed by atoms with Crippen molar-refractivity contribution in [3.05, 3.63) is 34.9 Å². The maximum absolute atomic E-state index is 13.7. The number of ketones is 1. The number of hydrogen-bond acceptors (Lipinski definition) is 1. The van der Waals surface area contributed by atoms with Crippen LogP contribution >= 0.6 is 0 Å². The summed E-state index contributed by atoms with van der Waals surface area (Å²) in [5.41, 5.74) is -0.0489. The van der Waals surface area contributed by atoms with Gasteiger partial charge in [0.05, 0.1) is 5.56 Å². The lowest BCUT2D eigenvalue weighted by molar-refractivity contribution is 0.0907. The van der Waals surface area contributed by atoms with E-state index in [9.17, 15) is 13.6 Å². The molecule has 1 fully saturated rings. The highest BCUT2D eigenvalue weighted by molar-refractivity contribution is 5.98. The number of carbonyl (C=O) groups is 1. The van der Waals surface area contributed by atoms with Crippen molar-refractivity contribution >= 4 is 5.78 Å². The Balaban J connectivity index is 2.38. The maximum atomic E-state index is 13.7. The third-order valence-corrected chi connectivity index (χ3v) is 3.27. The van der Waals surface area contributed by atoms with E-state index in [0.717, 1.165) is 18.9 Å². The lowest BCUT2D eigenvalue weighted by Crippen LogP contribution is -2.17. The number of benzene rings is 1. The molecule has 0 aliphatic heterocycles. The second kappa shape index (κ2) is 3.96. The predicted octanol–water partition coefficient (Wildman–Crippen LogP) is 3.50. The zero-order chi connectivity index (χ0) is 11.9. The molecule has 0 N–H and O–H groups in total. The van der Waals surface area contributed by atoms with E-state index in [1.165, 1.54) is 13.0 Å². The van der Waals surface area contributed by atoms with Crippen molar-refractivity contribution in [3.63, 3.8) is 0 Å². The van der Waals surface area contributed by atoms with E-state index in [4.69, 9.17) is 0 Å². The summed E-state index contributed by atoms with van der Waals surface area (Å²) in [7, 11) is 0. The highest BCUT2D eigenvalue weighted by atomic mass is 19.1. The molecule has 1 aromatic carbocycles. The van der Waals surface area contributed by atoms with Crippen LogP contribution < -0.4 is 0 Å². The van der Waals surface area contributed by atoms with Crippen LogP contribution in [-0.2, 0) is 0 Å². The highest BCUT2D eigenvalue weighted by Crippen LogP contribution is 2.38. The summed E-state index contributed by atoms with van der Waals surface area (Å²) in [6.45, 7) is 3.29. The molecule has 16 heavy (non-hydrogen) atoms. The molecule has 1 atom stereocenters. The Hall–Kier alpha value is -1.25. The molecule has 1 aliphatic carbocycles. The first-order valence-corrected chi connectivity index (χ1v) is 5.51. The van der Waals surface area contributed by atoms with Crippen LogP contribution in [0.3, 0.4) is 0 Å². The van der Waals surface area contributed by atoms with E-state index in [1.807, 2.05) is 0 Å². The Kier molecular flexibility index (Phi) is 2.78. The zero-order valence-corrected chi connectivity index (χ0v) is 9.39. The third-order valence-electron chi connectivity index (χ3n) is 3.27. The molecular weight excluding hydrogens is 210 g/mol. The number of carbonyl (C=O) groups excluding carboxylic acids is 1. The van der Waals surface area contributed by atoms with Gasteiger partial charge in [-0.3, -0.25) is 4.79 Å². The second-order valence-electron chi connectivity index (χ2n) is 4.54. The second-order valence-corrected chi connectivity index (χ2v) is 4.54. The van der Waals surface area contributed by atoms with Crippen molar-refractivity contribution in [1.29, 1.82) is 0 Å². The molecule has 0 bridgehead atoms. The van der Waals surface area contributed by atoms with E-state index < -0.39 is 17.4 Å². The molecule has 0 aromatic heterocycles. The molecule has 1 nitrogen and oxygen atoms in total. The van der Waals surface area contributed by atoms with Crippen molar-refractivity contribution in [2.75, 3.05) is 0 Å². The first-order chi connectivity index (χ1) is 7.52. The normalized spacial score (nSPS) is 17.2. The number of halogens is 2. The van der Waals surface area contributed by atoms with Crippen LogP contribution in [0.4, 0.5) is 8.78 Å². The molecule has 3 heteroatoms. The Labute approximate surface area is 93.5 Å². The minimum atomic E-state index is -0.749. The minimum absolute atomic E-state index is 0.272. The zero-order valence-electron chi connectivity index (χ0n) is 9.39. The molecule has 1 saturated carbocycles. The third kappa shape index (κ3) is 1.86. The molecule has 1 unspecified atom stereocenters. The monoisotopic (exact) mass is 224 g/mol. The van der Waals surface area contributed by atoms with Gasteiger partial charge in [-0.1, -0.05) is 13.0 Å². The standard InChI is InChI=1S/C13H14F2O/c1-7-3-6-10(14)11(12(7)15)13(16)8(2)9-4-5-9/h3,6,8-9H,4-5H2,1-2H3. The summed E-state index contributed by atoms with van der Waals surface area (Å²) in [4.78, 5) is 11.9. The Morgan fingerprint density at radius 3 is 2.56 bits per heavy atom. The smallest absolute Gasteiger partial charge is 0.171 e. The number of hydrogen-bond donors (Lipinski definition) is 0. The number of rotatable bonds is 3. The van der Waals surface area contributed by atoms with Gasteiger partial charge in [0, 0.05) is 5.92 Å². The molecule has 1 aliphatic rings. The fourth-order valence-electron chi connectivity index (χ4n) is 1.92. The molecule has 0 spiro atoms. The molecule has 0 heterocycles. The van der Waals surface area contributed by atoms with E-state index in [-0.39, 0.29) is 11.5 Å². The molecular formula is C13H14F2O. The van der Waals surface area contributed by atoms with E-state index in [0.29, 0.717) is 11.5 Å². The van der Waals surface area contributed by atoms with Crippen LogP contribution in [-0.4, -0.2) is 5.78 Å². The predicted molar refractivity (Wildman–Crippen MR) is 57.3 cm³/mol. The molecule has 0 radical (unpaired) electrons. The first-order valence-electron chi connectivity index (χ1n) is 5.51. The Morgan fingerprint density at radius 1 is 1.38 bits per heavy atom. The first kappa shape index (κ1) is 11.2. The molecule has 2 rings (SSSR count). The van der Waals surface area contributed by atoms with Gasteiger partial charge in [0.15, 0.2) is 5.78 Å². The van der Waals surface area contributed by atoms with Crippen LogP contribution in [0, 0.1) is 30.4 Å². The van der Waals surface area contributed by atoms with Crippen LogP contribution in [0.25, 0.3) is 0 Å². The van der Waals surface area contributed by atoms with Crippen molar-refractivity contribution in [1.82, 2.24) is 0 Å². The molecule has 86 valence electrons. The molecule has 1 aromatic rings. The number of Topliss-reactive ketones (excluding diaryl/α,β-unsaturated/α-hetero) is 1. The van der Waals surface area contributed by atoms with Gasteiger partial charge in [0.25, 0.3) is 0 Å². The van der Waals surface area contributed by atoms with Crippen LogP contribution in [0.5, 0.6) is 0 Å². The van der Waals surface area contributed by atoms with Crippen LogP contribution in [0.2, 0.25) is 0 Å². The summed E-state index contributed by atoms with van der Waals surface area (Å²) in [5.74, 6) is -1.82. The average Bonchev–Trinajstić information content (AvgIpc) is 3.06. The largest absolute Gasteiger partial charge is 0.294 e. The Morgan fingerprint density at radius 2 is 2.00 bits per heavy atom. The Bertz CT molecular complexity index is 436. The molecule has 0 amide bonds. The topological polar surface area (TPSA) is 17.1 Å². The summed E-state index contributed by atoms with van der Waals surface area (Å²) in [5, 5.41) is 0. The molecule has 0 saturated heterocycles. The summed E-state index contributed by atoms with van der Waals surface area (Å²) in [6, 6.07) is 2.51. The van der Waals surface area contributed by atoms with Crippen molar-refractivity contribution in [3.8, 4) is 0 Å². The van der Waals surface area contributed by atoms with Gasteiger partial charge < -0.3 is 0 Å². The van der Waals surface area contributed by atoms with Gasteiger partial charge in [0.2, 0.25) is 0 Å². The SMILES string of the molecule is Cc1ccc(F)c(C(=O)C(C)C2CC2)c1F. The van der Waals surface area contributed by atoms with Crippen molar-refractivity contribution in [2.24, 2.45) is 11.8 Å². The van der Waals surface area contributed by atoms with E-state index in [1.54, 1.807) is 6.92 Å². The fourth-order valence-corrected chi connectivity index (χ4v) is 1.92. The quantitative estimate of drug-likeness (QED) is 0.718. The number of aryl methyl sites for hydroxylation is 1. The summed E-state index contributed by atoms with van der Waals surface area (Å²) >= 11 is 0. The van der Waals surface area contributed by atoms with Gasteiger partial charge in [0.1, 0.15) is 11.6 Å². The van der Waals surface area contributed by atoms with Gasteiger partial charge in [-0.15, -0.1) is 0 Å². The average molecular weight is 224 g/mol. The summed E-state index contributed by atoms with van der Waals surface area (Å²) in [6.07, 6.45) is 1.98. The lowest BCUT2D eigenvalue weighted by Gasteiger charge is -2.11. The van der Waals surface area contributed by atoms with E-state index >= 15 is 0 Å².